The Morgan fingerprint density at radius 1 is 1.42 bits per heavy atom. The molecule has 68 valence electrons. The average Bonchev–Trinajstić information content (AvgIpc) is 1.98. The van der Waals surface area contributed by atoms with E-state index >= 15 is 0 Å². The van der Waals surface area contributed by atoms with Crippen LogP contribution in [0.25, 0.3) is 0 Å². The van der Waals surface area contributed by atoms with E-state index in [9.17, 15) is 0 Å². The van der Waals surface area contributed by atoms with Crippen molar-refractivity contribution in [2.75, 3.05) is 13.1 Å². The van der Waals surface area contributed by atoms with Crippen molar-refractivity contribution >= 4 is 0 Å². The van der Waals surface area contributed by atoms with Gasteiger partial charge in [0.25, 0.3) is 0 Å². The smallest absolute Gasteiger partial charge is 0.0199 e. The van der Waals surface area contributed by atoms with Gasteiger partial charge in [0.2, 0.25) is 0 Å². The first-order chi connectivity index (χ1) is 5.66. The quantitative estimate of drug-likeness (QED) is 0.362. The second-order valence-corrected chi connectivity index (χ2v) is 3.04. The Hall–Kier alpha value is -0.820. The van der Waals surface area contributed by atoms with E-state index in [4.69, 9.17) is 0 Å². The second kappa shape index (κ2) is 6.86. The lowest BCUT2D eigenvalue weighted by molar-refractivity contribution is 0.732. The van der Waals surface area contributed by atoms with Gasteiger partial charge >= 0.3 is 0 Å². The first-order valence-electron chi connectivity index (χ1n) is 4.32. The van der Waals surface area contributed by atoms with Gasteiger partial charge in [0.15, 0.2) is 0 Å². The normalized spacial score (nSPS) is 10.5. The van der Waals surface area contributed by atoms with Gasteiger partial charge < -0.3 is 5.32 Å². The van der Waals surface area contributed by atoms with Crippen LogP contribution in [-0.4, -0.2) is 13.1 Å². The fourth-order valence-electron chi connectivity index (χ4n) is 0.845. The third kappa shape index (κ3) is 7.29. The fraction of sp³-hybridized carbons (Fsp3) is 0.455. The van der Waals surface area contributed by atoms with E-state index in [0.29, 0.717) is 0 Å². The topological polar surface area (TPSA) is 12.0 Å². The maximum Gasteiger partial charge on any atom is 0.0199 e. The Kier molecular flexibility index (Phi) is 6.39. The summed E-state index contributed by atoms with van der Waals surface area (Å²) in [5, 5.41) is 3.29. The molecule has 1 nitrogen and oxygen atoms in total. The minimum atomic E-state index is 0.873. The highest BCUT2D eigenvalue weighted by atomic mass is 14.8. The first-order valence-corrected chi connectivity index (χ1v) is 4.32. The molecular formula is C11H19N. The molecule has 0 radical (unpaired) electrons. The largest absolute Gasteiger partial charge is 0.312 e. The van der Waals surface area contributed by atoms with Gasteiger partial charge in [-0.05, 0) is 32.4 Å². The van der Waals surface area contributed by atoms with E-state index in [0.717, 1.165) is 25.1 Å². The Morgan fingerprint density at radius 3 is 2.58 bits per heavy atom. The third-order valence-corrected chi connectivity index (χ3v) is 1.48. The molecule has 0 rings (SSSR count). The third-order valence-electron chi connectivity index (χ3n) is 1.48. The van der Waals surface area contributed by atoms with E-state index in [2.05, 4.69) is 18.5 Å². The zero-order valence-corrected chi connectivity index (χ0v) is 8.19. The highest BCUT2D eigenvalue weighted by Gasteiger charge is 1.88. The Bertz CT molecular complexity index is 177. The predicted molar refractivity (Wildman–Crippen MR) is 56.3 cm³/mol. The van der Waals surface area contributed by atoms with Gasteiger partial charge in [-0.25, -0.2) is 0 Å². The molecule has 0 spiro atoms. The maximum absolute atomic E-state index is 3.89. The van der Waals surface area contributed by atoms with Crippen LogP contribution in [0.4, 0.5) is 0 Å². The molecule has 1 heteroatoms. The zero-order valence-electron chi connectivity index (χ0n) is 8.19. The van der Waals surface area contributed by atoms with Crippen molar-refractivity contribution in [1.29, 1.82) is 0 Å². The molecule has 0 aliphatic rings. The van der Waals surface area contributed by atoms with Crippen molar-refractivity contribution in [2.24, 2.45) is 0 Å². The van der Waals surface area contributed by atoms with E-state index in [1.807, 2.05) is 26.0 Å². The average molecular weight is 165 g/mol. The molecule has 0 aromatic heterocycles. The number of allylic oxidation sites excluding steroid dienone is 1. The minimum Gasteiger partial charge on any atom is -0.312 e. The van der Waals surface area contributed by atoms with Crippen molar-refractivity contribution < 1.29 is 0 Å². The van der Waals surface area contributed by atoms with E-state index < -0.39 is 0 Å². The summed E-state index contributed by atoms with van der Waals surface area (Å²) in [5.74, 6) is 0. The fourth-order valence-corrected chi connectivity index (χ4v) is 0.845. The monoisotopic (exact) mass is 165 g/mol. The summed E-state index contributed by atoms with van der Waals surface area (Å²) in [5.41, 5.74) is 2.35. The molecule has 0 atom stereocenters. The zero-order chi connectivity index (χ0) is 9.40. The van der Waals surface area contributed by atoms with Crippen LogP contribution in [0.5, 0.6) is 0 Å². The molecule has 0 aromatic rings. The molecule has 0 aromatic carbocycles. The molecule has 0 bridgehead atoms. The molecule has 0 heterocycles. The summed E-state index contributed by atoms with van der Waals surface area (Å²) in [6.45, 7) is 13.6. The van der Waals surface area contributed by atoms with Crippen molar-refractivity contribution in [3.05, 3.63) is 36.5 Å². The van der Waals surface area contributed by atoms with Gasteiger partial charge in [-0.2, -0.15) is 0 Å². The Morgan fingerprint density at radius 2 is 2.08 bits per heavy atom. The number of hydrogen-bond donors (Lipinski definition) is 1. The molecule has 0 fully saturated rings. The maximum atomic E-state index is 3.89. The summed E-state index contributed by atoms with van der Waals surface area (Å²) in [4.78, 5) is 0. The van der Waals surface area contributed by atoms with Crippen LogP contribution in [0.2, 0.25) is 0 Å². The molecule has 1 N–H and O–H groups in total. The molecule has 0 saturated carbocycles. The summed E-state index contributed by atoms with van der Waals surface area (Å²) in [6.07, 6.45) is 5.07. The van der Waals surface area contributed by atoms with E-state index in [1.165, 1.54) is 5.57 Å². The summed E-state index contributed by atoms with van der Waals surface area (Å²) < 4.78 is 0. The van der Waals surface area contributed by atoms with Crippen molar-refractivity contribution in [3.63, 3.8) is 0 Å². The molecule has 0 unspecified atom stereocenters. The van der Waals surface area contributed by atoms with Crippen LogP contribution in [-0.2, 0) is 0 Å². The van der Waals surface area contributed by atoms with Crippen LogP contribution in [0.15, 0.2) is 36.5 Å². The number of hydrogen-bond acceptors (Lipinski definition) is 1. The standard InChI is InChI=1S/C11H19N/c1-5-6-11(4)9-12-8-7-10(2)3/h5-6,12H,2,4,7-9H2,1,3H3/b6-5-. The molecule has 12 heavy (non-hydrogen) atoms. The van der Waals surface area contributed by atoms with Crippen molar-refractivity contribution in [3.8, 4) is 0 Å². The molecule has 0 saturated heterocycles. The Labute approximate surface area is 75.9 Å². The lowest BCUT2D eigenvalue weighted by atomic mass is 10.2. The summed E-state index contributed by atoms with van der Waals surface area (Å²) in [7, 11) is 0. The SMILES string of the molecule is C=C(C)CCNCC(=C)/C=C\C. The molecule has 0 aliphatic heterocycles. The van der Waals surface area contributed by atoms with Gasteiger partial charge in [0, 0.05) is 6.54 Å². The molecular weight excluding hydrogens is 146 g/mol. The number of nitrogens with one attached hydrogen (secondary N) is 1. The lowest BCUT2D eigenvalue weighted by Gasteiger charge is -2.03. The van der Waals surface area contributed by atoms with Crippen LogP contribution >= 0.6 is 0 Å². The predicted octanol–water partition coefficient (Wildman–Crippen LogP) is 2.67. The highest BCUT2D eigenvalue weighted by Crippen LogP contribution is 1.93. The van der Waals surface area contributed by atoms with Crippen molar-refractivity contribution in [2.45, 2.75) is 20.3 Å². The van der Waals surface area contributed by atoms with Crippen LogP contribution in [0, 0.1) is 0 Å². The van der Waals surface area contributed by atoms with Crippen LogP contribution in [0.1, 0.15) is 20.3 Å². The lowest BCUT2D eigenvalue weighted by Crippen LogP contribution is -2.17. The minimum absolute atomic E-state index is 0.873. The molecule has 0 amide bonds. The van der Waals surface area contributed by atoms with Crippen LogP contribution in [0.3, 0.4) is 0 Å². The second-order valence-electron chi connectivity index (χ2n) is 3.04. The van der Waals surface area contributed by atoms with Gasteiger partial charge in [0.05, 0.1) is 0 Å². The van der Waals surface area contributed by atoms with Gasteiger partial charge in [0.1, 0.15) is 0 Å². The first kappa shape index (κ1) is 11.2. The van der Waals surface area contributed by atoms with Crippen molar-refractivity contribution in [1.82, 2.24) is 5.32 Å². The number of rotatable bonds is 6. The van der Waals surface area contributed by atoms with Gasteiger partial charge in [-0.1, -0.05) is 24.3 Å². The van der Waals surface area contributed by atoms with Gasteiger partial charge in [-0.15, -0.1) is 6.58 Å². The van der Waals surface area contributed by atoms with Gasteiger partial charge in [-0.3, -0.25) is 0 Å². The van der Waals surface area contributed by atoms with Crippen LogP contribution < -0.4 is 5.32 Å². The molecule has 0 aliphatic carbocycles. The Balaban J connectivity index is 3.31. The summed E-state index contributed by atoms with van der Waals surface area (Å²) >= 11 is 0. The van der Waals surface area contributed by atoms with E-state index in [1.54, 1.807) is 0 Å². The highest BCUT2D eigenvalue weighted by molar-refractivity contribution is 5.14. The summed E-state index contributed by atoms with van der Waals surface area (Å²) in [6, 6.07) is 0. The van der Waals surface area contributed by atoms with E-state index in [-0.39, 0.29) is 0 Å².